The number of carbonyl (C=O) groups excluding carboxylic acids is 2. The molecule has 6 nitrogen and oxygen atoms in total. The van der Waals surface area contributed by atoms with Gasteiger partial charge in [-0.3, -0.25) is 19.5 Å². The molecule has 1 unspecified atom stereocenters. The maximum Gasteiger partial charge on any atom is 0.346 e. The Kier molecular flexibility index (Phi) is 3.81. The average molecular weight is 267 g/mol. The first-order valence-corrected chi connectivity index (χ1v) is 6.54. The first kappa shape index (κ1) is 12.8. The molecule has 0 radical (unpaired) electrons. The van der Waals surface area contributed by atoms with Crippen molar-refractivity contribution in [2.75, 3.05) is 17.2 Å². The minimum atomic E-state index is -0.470. The molecule has 1 atom stereocenters. The van der Waals surface area contributed by atoms with Gasteiger partial charge in [0.2, 0.25) is 5.91 Å². The molecule has 7 heteroatoms. The maximum atomic E-state index is 11.8. The molecule has 96 valence electrons. The highest BCUT2D eigenvalue weighted by Gasteiger charge is 2.31. The fourth-order valence-corrected chi connectivity index (χ4v) is 2.57. The summed E-state index contributed by atoms with van der Waals surface area (Å²) in [5.41, 5.74) is -0.470. The van der Waals surface area contributed by atoms with Crippen LogP contribution >= 0.6 is 11.8 Å². The van der Waals surface area contributed by atoms with Gasteiger partial charge in [-0.15, -0.1) is 0 Å². The summed E-state index contributed by atoms with van der Waals surface area (Å²) in [6.07, 6.45) is 1.78. The summed E-state index contributed by atoms with van der Waals surface area (Å²) in [5, 5.41) is 0.0539. The minimum Gasteiger partial charge on any atom is -0.298 e. The standard InChI is InChI=1S/C11H13N3O3S/c1-7(15)18-6-8-4-10(16)14(5-8)9-2-3-12-11(17)13-9/h2-3,8H,4-6H2,1H3,(H,12,13,17). The Labute approximate surface area is 108 Å². The van der Waals surface area contributed by atoms with Crippen molar-refractivity contribution in [1.82, 2.24) is 9.97 Å². The molecule has 0 saturated carbocycles. The number of H-pyrrole nitrogens is 1. The van der Waals surface area contributed by atoms with Crippen LogP contribution in [-0.2, 0) is 9.59 Å². The van der Waals surface area contributed by atoms with Crippen molar-refractivity contribution in [2.45, 2.75) is 13.3 Å². The second-order valence-electron chi connectivity index (χ2n) is 4.14. The Hall–Kier alpha value is -1.63. The molecule has 0 bridgehead atoms. The third-order valence-electron chi connectivity index (χ3n) is 2.68. The Bertz CT molecular complexity index is 528. The number of nitrogens with zero attached hydrogens (tertiary/aromatic N) is 2. The van der Waals surface area contributed by atoms with Crippen molar-refractivity contribution >= 4 is 28.6 Å². The van der Waals surface area contributed by atoms with Crippen LogP contribution in [0.15, 0.2) is 17.1 Å². The summed E-state index contributed by atoms with van der Waals surface area (Å²) in [5.74, 6) is 1.21. The molecule has 18 heavy (non-hydrogen) atoms. The Balaban J connectivity index is 2.05. The number of rotatable bonds is 3. The van der Waals surface area contributed by atoms with Crippen LogP contribution in [0.5, 0.6) is 0 Å². The van der Waals surface area contributed by atoms with Gasteiger partial charge in [-0.2, -0.15) is 0 Å². The molecular formula is C11H13N3O3S. The van der Waals surface area contributed by atoms with E-state index in [0.717, 1.165) is 0 Å². The number of hydrogen-bond donors (Lipinski definition) is 1. The van der Waals surface area contributed by atoms with Crippen LogP contribution in [0.3, 0.4) is 0 Å². The van der Waals surface area contributed by atoms with Crippen LogP contribution in [0.25, 0.3) is 0 Å². The van der Waals surface area contributed by atoms with E-state index in [-0.39, 0.29) is 16.9 Å². The smallest absolute Gasteiger partial charge is 0.298 e. The Morgan fingerprint density at radius 3 is 3.06 bits per heavy atom. The lowest BCUT2D eigenvalue weighted by Crippen LogP contribution is -2.28. The fraction of sp³-hybridized carbons (Fsp3) is 0.455. The van der Waals surface area contributed by atoms with Gasteiger partial charge >= 0.3 is 5.69 Å². The van der Waals surface area contributed by atoms with E-state index in [4.69, 9.17) is 0 Å². The molecule has 1 amide bonds. The molecule has 0 aromatic carbocycles. The predicted octanol–water partition coefficient (Wildman–Crippen LogP) is 0.402. The van der Waals surface area contributed by atoms with E-state index in [0.29, 0.717) is 24.5 Å². The van der Waals surface area contributed by atoms with E-state index >= 15 is 0 Å². The number of anilines is 1. The summed E-state index contributed by atoms with van der Waals surface area (Å²) >= 11 is 1.23. The van der Waals surface area contributed by atoms with Gasteiger partial charge in [0, 0.05) is 31.8 Å². The molecule has 2 rings (SSSR count). The van der Waals surface area contributed by atoms with Crippen LogP contribution < -0.4 is 10.6 Å². The van der Waals surface area contributed by atoms with Gasteiger partial charge in [0.25, 0.3) is 0 Å². The van der Waals surface area contributed by atoms with Gasteiger partial charge in [0.1, 0.15) is 5.82 Å². The summed E-state index contributed by atoms with van der Waals surface area (Å²) in [6.45, 7) is 2.04. The Morgan fingerprint density at radius 1 is 1.61 bits per heavy atom. The first-order chi connectivity index (χ1) is 8.56. The number of aromatic nitrogens is 2. The van der Waals surface area contributed by atoms with E-state index < -0.39 is 5.69 Å². The zero-order valence-electron chi connectivity index (χ0n) is 9.88. The molecule has 0 spiro atoms. The zero-order chi connectivity index (χ0) is 13.1. The minimum absolute atomic E-state index is 0.0361. The van der Waals surface area contributed by atoms with Crippen LogP contribution in [0.2, 0.25) is 0 Å². The predicted molar refractivity (Wildman–Crippen MR) is 68.5 cm³/mol. The molecule has 1 fully saturated rings. The summed E-state index contributed by atoms with van der Waals surface area (Å²) in [4.78, 5) is 41.4. The van der Waals surface area contributed by atoms with Crippen molar-refractivity contribution in [1.29, 1.82) is 0 Å². The number of amides is 1. The quantitative estimate of drug-likeness (QED) is 0.857. The number of carbonyl (C=O) groups is 2. The number of hydrogen-bond acceptors (Lipinski definition) is 5. The highest BCUT2D eigenvalue weighted by molar-refractivity contribution is 8.13. The van der Waals surface area contributed by atoms with Gasteiger partial charge in [-0.1, -0.05) is 11.8 Å². The van der Waals surface area contributed by atoms with Crippen LogP contribution in [0.1, 0.15) is 13.3 Å². The molecule has 1 aromatic heterocycles. The molecule has 1 aliphatic heterocycles. The van der Waals surface area contributed by atoms with Crippen LogP contribution in [0, 0.1) is 5.92 Å². The normalized spacial score (nSPS) is 19.3. The number of aromatic amines is 1. The van der Waals surface area contributed by atoms with E-state index in [1.165, 1.54) is 29.8 Å². The van der Waals surface area contributed by atoms with E-state index in [9.17, 15) is 14.4 Å². The maximum absolute atomic E-state index is 11.8. The van der Waals surface area contributed by atoms with Gasteiger partial charge < -0.3 is 0 Å². The molecular weight excluding hydrogens is 254 g/mol. The molecule has 2 heterocycles. The largest absolute Gasteiger partial charge is 0.346 e. The zero-order valence-corrected chi connectivity index (χ0v) is 10.7. The average Bonchev–Trinajstić information content (AvgIpc) is 2.68. The summed E-state index contributed by atoms with van der Waals surface area (Å²) in [7, 11) is 0. The lowest BCUT2D eigenvalue weighted by molar-refractivity contribution is -0.117. The first-order valence-electron chi connectivity index (χ1n) is 5.55. The summed E-state index contributed by atoms with van der Waals surface area (Å²) in [6, 6.07) is 1.60. The molecule has 1 aliphatic rings. The van der Waals surface area contributed by atoms with Crippen molar-refractivity contribution in [3.8, 4) is 0 Å². The van der Waals surface area contributed by atoms with E-state index in [1.807, 2.05) is 0 Å². The monoisotopic (exact) mass is 267 g/mol. The molecule has 0 aliphatic carbocycles. The van der Waals surface area contributed by atoms with Gasteiger partial charge in [0.05, 0.1) is 0 Å². The van der Waals surface area contributed by atoms with Gasteiger partial charge in [0.15, 0.2) is 5.12 Å². The second-order valence-corrected chi connectivity index (χ2v) is 5.33. The lowest BCUT2D eigenvalue weighted by Gasteiger charge is -2.15. The lowest BCUT2D eigenvalue weighted by atomic mass is 10.1. The van der Waals surface area contributed by atoms with Crippen molar-refractivity contribution < 1.29 is 9.59 Å². The highest BCUT2D eigenvalue weighted by Crippen LogP contribution is 2.25. The third kappa shape index (κ3) is 2.98. The van der Waals surface area contributed by atoms with Crippen LogP contribution in [-0.4, -0.2) is 33.3 Å². The Morgan fingerprint density at radius 2 is 2.39 bits per heavy atom. The van der Waals surface area contributed by atoms with Gasteiger partial charge in [-0.05, 0) is 12.0 Å². The fourth-order valence-electron chi connectivity index (χ4n) is 1.88. The highest BCUT2D eigenvalue weighted by atomic mass is 32.2. The van der Waals surface area contributed by atoms with Crippen molar-refractivity contribution in [3.05, 3.63) is 22.7 Å². The molecule has 1 saturated heterocycles. The van der Waals surface area contributed by atoms with Gasteiger partial charge in [-0.25, -0.2) is 9.78 Å². The van der Waals surface area contributed by atoms with Crippen LogP contribution in [0.4, 0.5) is 5.82 Å². The van der Waals surface area contributed by atoms with Crippen molar-refractivity contribution in [3.63, 3.8) is 0 Å². The summed E-state index contributed by atoms with van der Waals surface area (Å²) < 4.78 is 0. The van der Waals surface area contributed by atoms with E-state index in [1.54, 1.807) is 6.07 Å². The van der Waals surface area contributed by atoms with Crippen molar-refractivity contribution in [2.24, 2.45) is 5.92 Å². The number of thioether (sulfide) groups is 1. The third-order valence-corrected chi connectivity index (χ3v) is 3.72. The van der Waals surface area contributed by atoms with E-state index in [2.05, 4.69) is 9.97 Å². The molecule has 1 aromatic rings. The second kappa shape index (κ2) is 5.34. The number of nitrogens with one attached hydrogen (secondary N) is 1. The molecule has 1 N–H and O–H groups in total. The SMILES string of the molecule is CC(=O)SCC1CC(=O)N(c2ccnc(=O)[nH]2)C1. The topological polar surface area (TPSA) is 83.1 Å².